The molecule has 0 spiro atoms. The zero-order valence-corrected chi connectivity index (χ0v) is 11.1. The zero-order chi connectivity index (χ0) is 13.8. The largest absolute Gasteiger partial charge is 0.481 e. The molecule has 6 nitrogen and oxygen atoms in total. The smallest absolute Gasteiger partial charge is 0.313 e. The normalized spacial score (nSPS) is 28.9. The van der Waals surface area contributed by atoms with Crippen LogP contribution in [0.25, 0.3) is 0 Å². The monoisotopic (exact) mass is 259 g/mol. The fourth-order valence-electron chi connectivity index (χ4n) is 1.80. The average Bonchev–Trinajstić information content (AvgIpc) is 2.69. The predicted octanol–water partition coefficient (Wildman–Crippen LogP) is 0.407. The van der Waals surface area contributed by atoms with Crippen LogP contribution in [0.2, 0.25) is 0 Å². The maximum atomic E-state index is 11.7. The number of carboxylic acid groups (broad SMARTS) is 1. The lowest BCUT2D eigenvalue weighted by molar-refractivity contribution is -0.149. The molecule has 0 aromatic heterocycles. The number of carbonyl (C=O) groups is 2. The van der Waals surface area contributed by atoms with Crippen LogP contribution in [0.3, 0.4) is 0 Å². The van der Waals surface area contributed by atoms with Gasteiger partial charge in [0.05, 0.1) is 25.4 Å². The summed E-state index contributed by atoms with van der Waals surface area (Å²) in [7, 11) is 1.59. The molecule has 1 aliphatic heterocycles. The molecule has 1 heterocycles. The van der Waals surface area contributed by atoms with Gasteiger partial charge < -0.3 is 19.9 Å². The number of ether oxygens (including phenoxy) is 2. The number of amides is 1. The Morgan fingerprint density at radius 1 is 1.61 bits per heavy atom. The standard InChI is InChI=1S/C12H21NO5/c1-8(17-3)4-5-10(14)13-9-6-18-7-12(9,2)11(15)16/h8-9H,4-7H2,1-3H3,(H,13,14)(H,15,16). The Kier molecular flexibility index (Phi) is 5.10. The Morgan fingerprint density at radius 2 is 2.28 bits per heavy atom. The third kappa shape index (κ3) is 3.43. The van der Waals surface area contributed by atoms with Crippen LogP contribution in [0.15, 0.2) is 0 Å². The molecule has 0 aromatic rings. The maximum absolute atomic E-state index is 11.7. The summed E-state index contributed by atoms with van der Waals surface area (Å²) in [4.78, 5) is 22.9. The summed E-state index contributed by atoms with van der Waals surface area (Å²) >= 11 is 0. The van der Waals surface area contributed by atoms with Crippen molar-refractivity contribution in [1.82, 2.24) is 5.32 Å². The van der Waals surface area contributed by atoms with Crippen LogP contribution >= 0.6 is 0 Å². The fraction of sp³-hybridized carbons (Fsp3) is 0.833. The predicted molar refractivity (Wildman–Crippen MR) is 64.2 cm³/mol. The van der Waals surface area contributed by atoms with Crippen LogP contribution in [-0.4, -0.2) is 49.5 Å². The topological polar surface area (TPSA) is 84.9 Å². The summed E-state index contributed by atoms with van der Waals surface area (Å²) in [5.74, 6) is -1.11. The van der Waals surface area contributed by atoms with E-state index in [1.54, 1.807) is 14.0 Å². The van der Waals surface area contributed by atoms with Gasteiger partial charge in [0, 0.05) is 13.5 Å². The molecule has 0 bridgehead atoms. The van der Waals surface area contributed by atoms with Crippen LogP contribution < -0.4 is 5.32 Å². The van der Waals surface area contributed by atoms with E-state index < -0.39 is 17.4 Å². The van der Waals surface area contributed by atoms with E-state index in [4.69, 9.17) is 14.6 Å². The van der Waals surface area contributed by atoms with Gasteiger partial charge in [-0.05, 0) is 20.3 Å². The van der Waals surface area contributed by atoms with Gasteiger partial charge in [-0.3, -0.25) is 9.59 Å². The van der Waals surface area contributed by atoms with E-state index in [1.165, 1.54) is 0 Å². The quantitative estimate of drug-likeness (QED) is 0.721. The molecule has 1 fully saturated rings. The zero-order valence-electron chi connectivity index (χ0n) is 11.1. The Bertz CT molecular complexity index is 320. The van der Waals surface area contributed by atoms with Crippen molar-refractivity contribution in [2.75, 3.05) is 20.3 Å². The minimum absolute atomic E-state index is 0.0152. The van der Waals surface area contributed by atoms with Crippen LogP contribution in [0.4, 0.5) is 0 Å². The van der Waals surface area contributed by atoms with Gasteiger partial charge in [-0.25, -0.2) is 0 Å². The van der Waals surface area contributed by atoms with Crippen molar-refractivity contribution in [3.63, 3.8) is 0 Å². The van der Waals surface area contributed by atoms with E-state index in [9.17, 15) is 9.59 Å². The van der Waals surface area contributed by atoms with Gasteiger partial charge in [-0.15, -0.1) is 0 Å². The minimum Gasteiger partial charge on any atom is -0.481 e. The molecular weight excluding hydrogens is 238 g/mol. The first kappa shape index (κ1) is 14.9. The summed E-state index contributed by atoms with van der Waals surface area (Å²) in [6, 6.07) is -0.472. The lowest BCUT2D eigenvalue weighted by atomic mass is 9.85. The molecule has 1 amide bonds. The number of nitrogens with one attached hydrogen (secondary N) is 1. The fourth-order valence-corrected chi connectivity index (χ4v) is 1.80. The molecule has 0 saturated carbocycles. The Hall–Kier alpha value is -1.14. The highest BCUT2D eigenvalue weighted by Crippen LogP contribution is 2.28. The molecule has 18 heavy (non-hydrogen) atoms. The molecule has 3 unspecified atom stereocenters. The Balaban J connectivity index is 2.46. The summed E-state index contributed by atoms with van der Waals surface area (Å²) in [6.07, 6.45) is 0.947. The van der Waals surface area contributed by atoms with Crippen LogP contribution in [-0.2, 0) is 19.1 Å². The molecule has 1 rings (SSSR count). The molecule has 2 N–H and O–H groups in total. The molecule has 0 aromatic carbocycles. The number of carboxylic acids is 1. The van der Waals surface area contributed by atoms with Crippen molar-refractivity contribution in [3.05, 3.63) is 0 Å². The SMILES string of the molecule is COC(C)CCC(=O)NC1COCC1(C)C(=O)O. The number of hydrogen-bond donors (Lipinski definition) is 2. The first-order valence-electron chi connectivity index (χ1n) is 6.03. The van der Waals surface area contributed by atoms with Crippen molar-refractivity contribution in [3.8, 4) is 0 Å². The second-order valence-corrected chi connectivity index (χ2v) is 4.94. The second-order valence-electron chi connectivity index (χ2n) is 4.94. The molecule has 1 aliphatic rings. The lowest BCUT2D eigenvalue weighted by Gasteiger charge is -2.25. The summed E-state index contributed by atoms with van der Waals surface area (Å²) in [5, 5.41) is 11.9. The van der Waals surface area contributed by atoms with Crippen LogP contribution in [0.1, 0.15) is 26.7 Å². The molecule has 0 radical (unpaired) electrons. The van der Waals surface area contributed by atoms with Gasteiger partial charge in [0.2, 0.25) is 5.91 Å². The molecule has 6 heteroatoms. The Morgan fingerprint density at radius 3 is 2.83 bits per heavy atom. The van der Waals surface area contributed by atoms with Gasteiger partial charge >= 0.3 is 5.97 Å². The van der Waals surface area contributed by atoms with Gasteiger partial charge in [-0.2, -0.15) is 0 Å². The maximum Gasteiger partial charge on any atom is 0.313 e. The molecule has 1 saturated heterocycles. The van der Waals surface area contributed by atoms with E-state index in [0.29, 0.717) is 12.8 Å². The van der Waals surface area contributed by atoms with Crippen molar-refractivity contribution in [1.29, 1.82) is 0 Å². The second kappa shape index (κ2) is 6.15. The van der Waals surface area contributed by atoms with Gasteiger partial charge in [0.1, 0.15) is 5.41 Å². The van der Waals surface area contributed by atoms with Gasteiger partial charge in [-0.1, -0.05) is 0 Å². The number of aliphatic carboxylic acids is 1. The van der Waals surface area contributed by atoms with E-state index in [1.807, 2.05) is 6.92 Å². The highest BCUT2D eigenvalue weighted by molar-refractivity contribution is 5.80. The third-order valence-electron chi connectivity index (χ3n) is 3.46. The van der Waals surface area contributed by atoms with Crippen molar-refractivity contribution < 1.29 is 24.2 Å². The highest BCUT2D eigenvalue weighted by atomic mass is 16.5. The molecule has 3 atom stereocenters. The average molecular weight is 259 g/mol. The number of rotatable bonds is 6. The first-order valence-corrected chi connectivity index (χ1v) is 6.03. The van der Waals surface area contributed by atoms with Gasteiger partial charge in [0.15, 0.2) is 0 Å². The van der Waals surface area contributed by atoms with E-state index in [2.05, 4.69) is 5.32 Å². The number of methoxy groups -OCH3 is 1. The number of hydrogen-bond acceptors (Lipinski definition) is 4. The van der Waals surface area contributed by atoms with Crippen molar-refractivity contribution >= 4 is 11.9 Å². The Labute approximate surface area is 107 Å². The molecule has 0 aliphatic carbocycles. The number of carbonyl (C=O) groups excluding carboxylic acids is 1. The first-order chi connectivity index (χ1) is 8.40. The summed E-state index contributed by atoms with van der Waals surface area (Å²) < 4.78 is 10.2. The van der Waals surface area contributed by atoms with E-state index >= 15 is 0 Å². The van der Waals surface area contributed by atoms with Crippen molar-refractivity contribution in [2.45, 2.75) is 38.8 Å². The summed E-state index contributed by atoms with van der Waals surface area (Å²) in [6.45, 7) is 3.84. The summed E-state index contributed by atoms with van der Waals surface area (Å²) in [5.41, 5.74) is -1.04. The molecule has 104 valence electrons. The van der Waals surface area contributed by atoms with Crippen LogP contribution in [0.5, 0.6) is 0 Å². The highest BCUT2D eigenvalue weighted by Gasteiger charge is 2.47. The molecular formula is C12H21NO5. The van der Waals surface area contributed by atoms with Gasteiger partial charge in [0.25, 0.3) is 0 Å². The van der Waals surface area contributed by atoms with Crippen LogP contribution in [0, 0.1) is 5.41 Å². The van der Waals surface area contributed by atoms with E-state index in [0.717, 1.165) is 0 Å². The third-order valence-corrected chi connectivity index (χ3v) is 3.46. The van der Waals surface area contributed by atoms with Crippen molar-refractivity contribution in [2.24, 2.45) is 5.41 Å². The minimum atomic E-state index is -1.04. The van der Waals surface area contributed by atoms with E-state index in [-0.39, 0.29) is 25.2 Å². The lowest BCUT2D eigenvalue weighted by Crippen LogP contribution is -2.49.